The van der Waals surface area contributed by atoms with Crippen LogP contribution in [0.25, 0.3) is 65.7 Å². The number of hydrogen-bond donors (Lipinski definition) is 0. The molecular formula is C38H28. The second-order valence-corrected chi connectivity index (χ2v) is 9.95. The van der Waals surface area contributed by atoms with E-state index in [4.69, 9.17) is 0 Å². The van der Waals surface area contributed by atoms with Gasteiger partial charge in [0.1, 0.15) is 0 Å². The molecule has 0 radical (unpaired) electrons. The van der Waals surface area contributed by atoms with E-state index in [1.807, 2.05) is 0 Å². The van der Waals surface area contributed by atoms with E-state index in [2.05, 4.69) is 146 Å². The highest BCUT2D eigenvalue weighted by Crippen LogP contribution is 2.41. The number of hydrogen-bond acceptors (Lipinski definition) is 0. The van der Waals surface area contributed by atoms with E-state index in [1.165, 1.54) is 71.3 Å². The molecule has 0 amide bonds. The van der Waals surface area contributed by atoms with Crippen LogP contribution in [0.1, 0.15) is 12.5 Å². The molecule has 7 aromatic carbocycles. The van der Waals surface area contributed by atoms with E-state index >= 15 is 0 Å². The lowest BCUT2D eigenvalue weighted by molar-refractivity contribution is 1.14. The Labute approximate surface area is 223 Å². The van der Waals surface area contributed by atoms with E-state index in [0.717, 1.165) is 6.42 Å². The molecule has 0 saturated carbocycles. The second-order valence-electron chi connectivity index (χ2n) is 9.95. The van der Waals surface area contributed by atoms with Gasteiger partial charge in [0.15, 0.2) is 0 Å². The maximum Gasteiger partial charge on any atom is -0.00928 e. The SMILES string of the molecule is CCc1ccccc1-c1ccccc1-c1ccccc1-c1ccc2c3ccccc3c3ccccc3c2c1. The Morgan fingerprint density at radius 1 is 0.342 bits per heavy atom. The van der Waals surface area contributed by atoms with E-state index < -0.39 is 0 Å². The van der Waals surface area contributed by atoms with E-state index in [9.17, 15) is 0 Å². The Hall–Kier alpha value is -4.68. The Kier molecular flexibility index (Phi) is 5.52. The third-order valence-corrected chi connectivity index (χ3v) is 7.89. The highest BCUT2D eigenvalue weighted by molar-refractivity contribution is 6.25. The lowest BCUT2D eigenvalue weighted by Gasteiger charge is -2.17. The molecule has 0 nitrogen and oxygen atoms in total. The van der Waals surface area contributed by atoms with Crippen LogP contribution in [0.15, 0.2) is 140 Å². The first-order valence-electron chi connectivity index (χ1n) is 13.4. The second kappa shape index (κ2) is 9.32. The Balaban J connectivity index is 1.49. The van der Waals surface area contributed by atoms with Gasteiger partial charge in [-0.25, -0.2) is 0 Å². The fraction of sp³-hybridized carbons (Fsp3) is 0.0526. The van der Waals surface area contributed by atoms with Gasteiger partial charge in [-0.2, -0.15) is 0 Å². The quantitative estimate of drug-likeness (QED) is 0.218. The molecule has 7 rings (SSSR count). The van der Waals surface area contributed by atoms with Crippen LogP contribution < -0.4 is 0 Å². The van der Waals surface area contributed by atoms with Crippen LogP contribution in [0.5, 0.6) is 0 Å². The molecule has 0 aromatic heterocycles. The van der Waals surface area contributed by atoms with Crippen molar-refractivity contribution in [3.63, 3.8) is 0 Å². The molecule has 0 N–H and O–H groups in total. The number of benzene rings is 7. The molecular weight excluding hydrogens is 456 g/mol. The van der Waals surface area contributed by atoms with Crippen molar-refractivity contribution in [1.29, 1.82) is 0 Å². The fourth-order valence-corrected chi connectivity index (χ4v) is 6.09. The van der Waals surface area contributed by atoms with Crippen LogP contribution >= 0.6 is 0 Å². The zero-order valence-electron chi connectivity index (χ0n) is 21.5. The third-order valence-electron chi connectivity index (χ3n) is 7.89. The van der Waals surface area contributed by atoms with Crippen LogP contribution in [0.3, 0.4) is 0 Å². The van der Waals surface area contributed by atoms with Crippen LogP contribution in [-0.4, -0.2) is 0 Å². The van der Waals surface area contributed by atoms with E-state index in [1.54, 1.807) is 0 Å². The average molecular weight is 485 g/mol. The summed E-state index contributed by atoms with van der Waals surface area (Å²) in [5, 5.41) is 7.84. The summed E-state index contributed by atoms with van der Waals surface area (Å²) in [4.78, 5) is 0. The topological polar surface area (TPSA) is 0 Å². The van der Waals surface area contributed by atoms with Gasteiger partial charge in [0.25, 0.3) is 0 Å². The van der Waals surface area contributed by atoms with Crippen LogP contribution in [0, 0.1) is 0 Å². The van der Waals surface area contributed by atoms with Crippen LogP contribution in [-0.2, 0) is 6.42 Å². The average Bonchev–Trinajstić information content (AvgIpc) is 3.01. The lowest BCUT2D eigenvalue weighted by atomic mass is 9.86. The molecule has 0 unspecified atom stereocenters. The van der Waals surface area contributed by atoms with Gasteiger partial charge in [-0.1, -0.05) is 140 Å². The monoisotopic (exact) mass is 484 g/mol. The smallest absolute Gasteiger partial charge is 0.00928 e. The lowest BCUT2D eigenvalue weighted by Crippen LogP contribution is -1.92. The summed E-state index contributed by atoms with van der Waals surface area (Å²) in [5.41, 5.74) is 9.01. The van der Waals surface area contributed by atoms with Gasteiger partial charge in [-0.15, -0.1) is 0 Å². The molecule has 0 spiro atoms. The summed E-state index contributed by atoms with van der Waals surface area (Å²) < 4.78 is 0. The first kappa shape index (κ1) is 22.5. The molecule has 0 aliphatic rings. The van der Waals surface area contributed by atoms with Crippen molar-refractivity contribution < 1.29 is 0 Å². The maximum atomic E-state index is 2.39. The standard InChI is InChI=1S/C38H28/c1-2-26-13-3-4-14-28(26)30-16-7-8-18-32(30)31-17-6-5-15-29(31)27-23-24-37-35-21-10-9-19-33(35)34-20-11-12-22-36(34)38(37)25-27/h3-25H,2H2,1H3. The van der Waals surface area contributed by atoms with Crippen molar-refractivity contribution in [2.24, 2.45) is 0 Å². The fourth-order valence-electron chi connectivity index (χ4n) is 6.09. The van der Waals surface area contributed by atoms with Crippen LogP contribution in [0.2, 0.25) is 0 Å². The minimum absolute atomic E-state index is 1.01. The normalized spacial score (nSPS) is 11.4. The van der Waals surface area contributed by atoms with Crippen molar-refractivity contribution >= 4 is 32.3 Å². The molecule has 0 fully saturated rings. The summed E-state index contributed by atoms with van der Waals surface area (Å²) in [7, 11) is 0. The summed E-state index contributed by atoms with van der Waals surface area (Å²) in [6, 6.07) is 51.1. The number of rotatable bonds is 4. The van der Waals surface area contributed by atoms with Gasteiger partial charge in [-0.3, -0.25) is 0 Å². The predicted octanol–water partition coefficient (Wildman–Crippen LogP) is 10.7. The predicted molar refractivity (Wildman–Crippen MR) is 165 cm³/mol. The summed E-state index contributed by atoms with van der Waals surface area (Å²) in [6.45, 7) is 2.23. The zero-order chi connectivity index (χ0) is 25.5. The number of aryl methyl sites for hydroxylation is 1. The highest BCUT2D eigenvalue weighted by atomic mass is 14.2. The molecule has 0 heterocycles. The molecule has 0 atom stereocenters. The van der Waals surface area contributed by atoms with Crippen molar-refractivity contribution in [1.82, 2.24) is 0 Å². The van der Waals surface area contributed by atoms with Crippen LogP contribution in [0.4, 0.5) is 0 Å². The third kappa shape index (κ3) is 3.61. The van der Waals surface area contributed by atoms with Gasteiger partial charge >= 0.3 is 0 Å². The molecule has 0 aliphatic carbocycles. The van der Waals surface area contributed by atoms with Crippen molar-refractivity contribution in [2.45, 2.75) is 13.3 Å². The summed E-state index contributed by atoms with van der Waals surface area (Å²) in [6.07, 6.45) is 1.01. The molecule has 0 bridgehead atoms. The van der Waals surface area contributed by atoms with Gasteiger partial charge in [-0.05, 0) is 83.7 Å². The largest absolute Gasteiger partial charge is 0.0620 e. The van der Waals surface area contributed by atoms with Gasteiger partial charge < -0.3 is 0 Å². The van der Waals surface area contributed by atoms with Gasteiger partial charge in [0.05, 0.1) is 0 Å². The summed E-state index contributed by atoms with van der Waals surface area (Å²) in [5.74, 6) is 0. The van der Waals surface area contributed by atoms with E-state index in [-0.39, 0.29) is 0 Å². The maximum absolute atomic E-state index is 2.39. The molecule has 7 aromatic rings. The molecule has 180 valence electrons. The first-order chi connectivity index (χ1) is 18.8. The Morgan fingerprint density at radius 2 is 0.737 bits per heavy atom. The minimum Gasteiger partial charge on any atom is -0.0620 e. The first-order valence-corrected chi connectivity index (χ1v) is 13.4. The van der Waals surface area contributed by atoms with Crippen molar-refractivity contribution in [2.75, 3.05) is 0 Å². The molecule has 0 saturated heterocycles. The summed E-state index contributed by atoms with van der Waals surface area (Å²) >= 11 is 0. The minimum atomic E-state index is 1.01. The van der Waals surface area contributed by atoms with Crippen molar-refractivity contribution in [3.8, 4) is 33.4 Å². The molecule has 0 heteroatoms. The Bertz CT molecular complexity index is 1920. The number of fused-ring (bicyclic) bond motifs is 6. The highest BCUT2D eigenvalue weighted by Gasteiger charge is 2.15. The zero-order valence-corrected chi connectivity index (χ0v) is 21.5. The Morgan fingerprint density at radius 3 is 1.32 bits per heavy atom. The van der Waals surface area contributed by atoms with Gasteiger partial charge in [0, 0.05) is 0 Å². The van der Waals surface area contributed by atoms with Gasteiger partial charge in [0.2, 0.25) is 0 Å². The van der Waals surface area contributed by atoms with E-state index in [0.29, 0.717) is 0 Å². The molecule has 38 heavy (non-hydrogen) atoms. The molecule has 0 aliphatic heterocycles. The van der Waals surface area contributed by atoms with Crippen molar-refractivity contribution in [3.05, 3.63) is 145 Å².